The average Bonchev–Trinajstić information content (AvgIpc) is 2.51. The fraction of sp³-hybridized carbons (Fsp3) is 0.200. The summed E-state index contributed by atoms with van der Waals surface area (Å²) in [5.74, 6) is 0. The zero-order valence-corrected chi connectivity index (χ0v) is 14.5. The van der Waals surface area contributed by atoms with Gasteiger partial charge >= 0.3 is 12.3 Å². The van der Waals surface area contributed by atoms with E-state index in [-0.39, 0.29) is 11.3 Å². The summed E-state index contributed by atoms with van der Waals surface area (Å²) < 4.78 is 37.1. The number of carboxylic acid groups (broad SMARTS) is 1. The summed E-state index contributed by atoms with van der Waals surface area (Å²) in [6.07, 6.45) is -3.35. The van der Waals surface area contributed by atoms with Crippen LogP contribution in [-0.2, 0) is 6.18 Å². The first-order valence-electron chi connectivity index (χ1n) is 6.68. The van der Waals surface area contributed by atoms with Crippen molar-refractivity contribution >= 4 is 46.6 Å². The Kier molecular flexibility index (Phi) is 5.71. The quantitative estimate of drug-likeness (QED) is 0.664. The van der Waals surface area contributed by atoms with Crippen molar-refractivity contribution in [1.82, 2.24) is 4.98 Å². The second-order valence-electron chi connectivity index (χ2n) is 4.96. The predicted molar refractivity (Wildman–Crippen MR) is 90.3 cm³/mol. The molecule has 0 atom stereocenters. The van der Waals surface area contributed by atoms with E-state index >= 15 is 0 Å². The lowest BCUT2D eigenvalue weighted by Crippen LogP contribution is -2.37. The lowest BCUT2D eigenvalue weighted by molar-refractivity contribution is -0.137. The molecule has 0 saturated heterocycles. The highest BCUT2D eigenvalue weighted by molar-refractivity contribution is 6.68. The van der Waals surface area contributed by atoms with E-state index in [2.05, 4.69) is 4.98 Å². The molecule has 1 amide bonds. The molecule has 10 heteroatoms. The molecule has 0 saturated carbocycles. The Morgan fingerprint density at radius 2 is 1.88 bits per heavy atom. The van der Waals surface area contributed by atoms with E-state index < -0.39 is 28.2 Å². The summed E-state index contributed by atoms with van der Waals surface area (Å²) in [6.45, 7) is -0.651. The molecule has 2 aromatic rings. The molecule has 1 heterocycles. The number of aromatic nitrogens is 1. The molecule has 0 spiro atoms. The highest BCUT2D eigenvalue weighted by atomic mass is 35.6. The number of anilines is 1. The highest BCUT2D eigenvalue weighted by Gasteiger charge is 2.34. The lowest BCUT2D eigenvalue weighted by Gasteiger charge is -2.26. The normalized spacial score (nSPS) is 12.1. The summed E-state index contributed by atoms with van der Waals surface area (Å²) in [7, 11) is 0. The maximum absolute atomic E-state index is 13.0. The Bertz CT molecular complexity index is 765. The Labute approximate surface area is 155 Å². The molecule has 1 N–H and O–H groups in total. The number of rotatable bonds is 3. The molecule has 0 aliphatic heterocycles. The third-order valence-electron chi connectivity index (χ3n) is 3.16. The van der Waals surface area contributed by atoms with Gasteiger partial charge in [-0.3, -0.25) is 9.88 Å². The largest absolute Gasteiger partial charge is 0.465 e. The van der Waals surface area contributed by atoms with E-state index in [1.807, 2.05) is 0 Å². The molecule has 0 aliphatic carbocycles. The zero-order valence-electron chi connectivity index (χ0n) is 12.3. The maximum atomic E-state index is 13.0. The minimum absolute atomic E-state index is 0.206. The van der Waals surface area contributed by atoms with Crippen molar-refractivity contribution in [1.29, 1.82) is 0 Å². The fourth-order valence-corrected chi connectivity index (χ4v) is 2.49. The first-order valence-corrected chi connectivity index (χ1v) is 7.81. The topological polar surface area (TPSA) is 53.4 Å². The molecule has 0 radical (unpaired) electrons. The molecule has 2 rings (SSSR count). The predicted octanol–water partition coefficient (Wildman–Crippen LogP) is 5.62. The Morgan fingerprint density at radius 1 is 1.20 bits per heavy atom. The van der Waals surface area contributed by atoms with Crippen LogP contribution in [0.4, 0.5) is 23.7 Å². The van der Waals surface area contributed by atoms with Crippen molar-refractivity contribution in [3.63, 3.8) is 0 Å². The number of benzene rings is 1. The van der Waals surface area contributed by atoms with Gasteiger partial charge in [0.15, 0.2) is 0 Å². The number of hydrogen-bond acceptors (Lipinski definition) is 2. The molecule has 1 aromatic carbocycles. The van der Waals surface area contributed by atoms with Gasteiger partial charge in [-0.1, -0.05) is 46.9 Å². The lowest BCUT2D eigenvalue weighted by atomic mass is 10.0. The van der Waals surface area contributed by atoms with Gasteiger partial charge < -0.3 is 5.11 Å². The number of nitrogens with zero attached hydrogens (tertiary/aromatic N) is 2. The Balaban J connectivity index is 2.67. The van der Waals surface area contributed by atoms with Crippen LogP contribution in [0, 0.1) is 0 Å². The van der Waals surface area contributed by atoms with Crippen molar-refractivity contribution in [2.24, 2.45) is 0 Å². The van der Waals surface area contributed by atoms with Gasteiger partial charge in [-0.15, -0.1) is 0 Å². The van der Waals surface area contributed by atoms with E-state index in [0.29, 0.717) is 16.5 Å². The van der Waals surface area contributed by atoms with Crippen molar-refractivity contribution in [2.75, 3.05) is 11.4 Å². The highest BCUT2D eigenvalue weighted by Crippen LogP contribution is 2.39. The van der Waals surface area contributed by atoms with E-state index in [9.17, 15) is 23.1 Å². The summed E-state index contributed by atoms with van der Waals surface area (Å²) in [4.78, 5) is 16.0. The number of alkyl halides is 6. The molecule has 0 aliphatic rings. The second-order valence-corrected chi connectivity index (χ2v) is 7.47. The van der Waals surface area contributed by atoms with Crippen molar-refractivity contribution in [3.8, 4) is 11.1 Å². The summed E-state index contributed by atoms with van der Waals surface area (Å²) in [5, 5.41) is 9.41. The Hall–Kier alpha value is -1.70. The van der Waals surface area contributed by atoms with Crippen molar-refractivity contribution < 1.29 is 23.1 Å². The molecular weight excluding hydrogens is 404 g/mol. The van der Waals surface area contributed by atoms with Crippen LogP contribution in [0.5, 0.6) is 0 Å². The van der Waals surface area contributed by atoms with Crippen LogP contribution in [0.1, 0.15) is 5.56 Å². The van der Waals surface area contributed by atoms with Crippen LogP contribution in [-0.4, -0.2) is 26.5 Å². The van der Waals surface area contributed by atoms with E-state index in [1.54, 1.807) is 12.1 Å². The molecule has 0 unspecified atom stereocenters. The SMILES string of the molecule is O=C(O)N(CC(Cl)(Cl)Cl)c1cc(C(F)(F)F)ccc1-c1cccnc1. The van der Waals surface area contributed by atoms with E-state index in [1.165, 1.54) is 12.4 Å². The van der Waals surface area contributed by atoms with Gasteiger partial charge in [0.1, 0.15) is 0 Å². The Morgan fingerprint density at radius 3 is 2.36 bits per heavy atom. The van der Waals surface area contributed by atoms with Gasteiger partial charge in [0.05, 0.1) is 17.8 Å². The van der Waals surface area contributed by atoms with E-state index in [4.69, 9.17) is 34.8 Å². The summed E-state index contributed by atoms with van der Waals surface area (Å²) in [5.41, 5.74) is -0.660. The monoisotopic (exact) mass is 412 g/mol. The third-order valence-corrected chi connectivity index (χ3v) is 3.52. The summed E-state index contributed by atoms with van der Waals surface area (Å²) >= 11 is 16.9. The molecule has 0 bridgehead atoms. The van der Waals surface area contributed by atoms with Crippen LogP contribution >= 0.6 is 34.8 Å². The molecular formula is C15H10Cl3F3N2O2. The van der Waals surface area contributed by atoms with Gasteiger partial charge in [0.2, 0.25) is 3.79 Å². The zero-order chi connectivity index (χ0) is 18.8. The molecule has 1 aromatic heterocycles. The number of amides is 1. The van der Waals surface area contributed by atoms with Crippen LogP contribution < -0.4 is 4.90 Å². The number of hydrogen-bond donors (Lipinski definition) is 1. The van der Waals surface area contributed by atoms with Crippen LogP contribution in [0.25, 0.3) is 11.1 Å². The number of carbonyl (C=O) groups is 1. The maximum Gasteiger partial charge on any atom is 0.416 e. The number of pyridine rings is 1. The molecule has 25 heavy (non-hydrogen) atoms. The van der Waals surface area contributed by atoms with Crippen LogP contribution in [0.15, 0.2) is 42.7 Å². The smallest absolute Gasteiger partial charge is 0.416 e. The van der Waals surface area contributed by atoms with Gasteiger partial charge in [-0.05, 0) is 18.2 Å². The van der Waals surface area contributed by atoms with Gasteiger partial charge in [-0.2, -0.15) is 13.2 Å². The van der Waals surface area contributed by atoms with Gasteiger partial charge in [0, 0.05) is 23.5 Å². The first-order chi connectivity index (χ1) is 11.5. The number of halogens is 6. The molecule has 4 nitrogen and oxygen atoms in total. The molecule has 0 fully saturated rings. The van der Waals surface area contributed by atoms with Crippen molar-refractivity contribution in [2.45, 2.75) is 9.97 Å². The first kappa shape index (κ1) is 19.6. The molecule has 134 valence electrons. The van der Waals surface area contributed by atoms with Gasteiger partial charge in [-0.25, -0.2) is 4.79 Å². The second kappa shape index (κ2) is 7.27. The van der Waals surface area contributed by atoms with Gasteiger partial charge in [0.25, 0.3) is 0 Å². The fourth-order valence-electron chi connectivity index (χ4n) is 2.13. The van der Waals surface area contributed by atoms with Crippen LogP contribution in [0.2, 0.25) is 0 Å². The standard InChI is InChI=1S/C15H10Cl3F3N2O2/c16-14(17,18)8-23(13(24)25)12-6-10(15(19,20)21)3-4-11(12)9-2-1-5-22-7-9/h1-7H,8H2,(H,24,25). The van der Waals surface area contributed by atoms with Crippen LogP contribution in [0.3, 0.4) is 0 Å². The van der Waals surface area contributed by atoms with Crippen molar-refractivity contribution in [3.05, 3.63) is 48.3 Å². The average molecular weight is 414 g/mol. The van der Waals surface area contributed by atoms with E-state index in [0.717, 1.165) is 12.1 Å². The minimum Gasteiger partial charge on any atom is -0.465 e. The third kappa shape index (κ3) is 5.14. The summed E-state index contributed by atoms with van der Waals surface area (Å²) in [6, 6.07) is 5.85. The minimum atomic E-state index is -4.66.